The average molecular weight is 318 g/mol. The molecule has 5 nitrogen and oxygen atoms in total. The van der Waals surface area contributed by atoms with Crippen molar-refractivity contribution in [2.45, 2.75) is 19.8 Å². The van der Waals surface area contributed by atoms with Crippen LogP contribution in [0.3, 0.4) is 0 Å². The van der Waals surface area contributed by atoms with E-state index >= 15 is 0 Å². The molecule has 0 fully saturated rings. The molecule has 1 heterocycles. The Bertz CT molecular complexity index is 623. The molecule has 0 saturated carbocycles. The smallest absolute Gasteiger partial charge is 0.335 e. The number of benzene rings is 1. The minimum absolute atomic E-state index is 0.0436. The maximum absolute atomic E-state index is 12.3. The molecule has 0 radical (unpaired) electrons. The van der Waals surface area contributed by atoms with Crippen LogP contribution >= 0.6 is 11.3 Å². The van der Waals surface area contributed by atoms with Crippen molar-refractivity contribution < 1.29 is 14.7 Å². The third-order valence-corrected chi connectivity index (χ3v) is 4.21. The molecule has 0 aliphatic carbocycles. The number of carbonyl (C=O) groups excluding carboxylic acids is 1. The van der Waals surface area contributed by atoms with Crippen LogP contribution in [0.4, 0.5) is 0 Å². The third-order valence-electron chi connectivity index (χ3n) is 3.37. The van der Waals surface area contributed by atoms with Crippen LogP contribution in [0.5, 0.6) is 0 Å². The number of thiazole rings is 1. The van der Waals surface area contributed by atoms with Gasteiger partial charge in [-0.2, -0.15) is 0 Å². The first-order valence-electron chi connectivity index (χ1n) is 7.08. The molecule has 22 heavy (non-hydrogen) atoms. The highest BCUT2D eigenvalue weighted by atomic mass is 32.1. The Labute approximate surface area is 133 Å². The summed E-state index contributed by atoms with van der Waals surface area (Å²) in [5, 5.41) is 11.8. The lowest BCUT2D eigenvalue weighted by Gasteiger charge is -2.20. The molecule has 0 unspecified atom stereocenters. The number of carboxylic acids is 1. The van der Waals surface area contributed by atoms with E-state index < -0.39 is 5.97 Å². The molecule has 2 rings (SSSR count). The number of nitrogens with zero attached hydrogens (tertiary/aromatic N) is 2. The molecule has 1 aromatic heterocycles. The van der Waals surface area contributed by atoms with Gasteiger partial charge in [-0.15, -0.1) is 11.3 Å². The molecule has 1 amide bonds. The van der Waals surface area contributed by atoms with E-state index in [-0.39, 0.29) is 17.9 Å². The van der Waals surface area contributed by atoms with E-state index in [2.05, 4.69) is 4.98 Å². The molecule has 1 aromatic carbocycles. The molecule has 116 valence electrons. The van der Waals surface area contributed by atoms with Crippen LogP contribution in [0, 0.1) is 0 Å². The predicted molar refractivity (Wildman–Crippen MR) is 85.2 cm³/mol. The zero-order chi connectivity index (χ0) is 15.9. The Morgan fingerprint density at radius 3 is 2.55 bits per heavy atom. The minimum Gasteiger partial charge on any atom is -0.478 e. The summed E-state index contributed by atoms with van der Waals surface area (Å²) in [6.45, 7) is 3.25. The average Bonchev–Trinajstić information content (AvgIpc) is 3.01. The van der Waals surface area contributed by atoms with Crippen molar-refractivity contribution in [2.24, 2.45) is 0 Å². The second kappa shape index (κ2) is 7.70. The van der Waals surface area contributed by atoms with Gasteiger partial charge >= 0.3 is 5.97 Å². The Morgan fingerprint density at radius 1 is 1.27 bits per heavy atom. The fourth-order valence-corrected chi connectivity index (χ4v) is 2.73. The van der Waals surface area contributed by atoms with E-state index in [1.165, 1.54) is 12.1 Å². The molecule has 0 saturated heterocycles. The molecular formula is C16H18N2O3S. The Balaban J connectivity index is 1.92. The van der Waals surface area contributed by atoms with Crippen molar-refractivity contribution in [1.82, 2.24) is 9.88 Å². The van der Waals surface area contributed by atoms with Crippen LogP contribution in [0.2, 0.25) is 0 Å². The second-order valence-electron chi connectivity index (χ2n) is 4.83. The van der Waals surface area contributed by atoms with Gasteiger partial charge in [-0.25, -0.2) is 9.78 Å². The highest BCUT2D eigenvalue weighted by Crippen LogP contribution is 2.09. The van der Waals surface area contributed by atoms with Crippen LogP contribution in [0.15, 0.2) is 35.8 Å². The first-order valence-corrected chi connectivity index (χ1v) is 7.96. The van der Waals surface area contributed by atoms with Crippen molar-refractivity contribution in [3.05, 3.63) is 52.0 Å². The number of aromatic carboxylic acids is 1. The third kappa shape index (κ3) is 4.39. The van der Waals surface area contributed by atoms with Gasteiger partial charge in [-0.3, -0.25) is 4.79 Å². The summed E-state index contributed by atoms with van der Waals surface area (Å²) in [5.41, 5.74) is 1.05. The van der Waals surface area contributed by atoms with Gasteiger partial charge in [-0.05, 0) is 24.6 Å². The van der Waals surface area contributed by atoms with Gasteiger partial charge in [0.05, 0.1) is 17.0 Å². The number of carbonyl (C=O) groups is 2. The lowest BCUT2D eigenvalue weighted by Crippen LogP contribution is -2.33. The highest BCUT2D eigenvalue weighted by Gasteiger charge is 2.13. The van der Waals surface area contributed by atoms with Crippen molar-refractivity contribution in [3.63, 3.8) is 0 Å². The van der Waals surface area contributed by atoms with Gasteiger partial charge in [-0.1, -0.05) is 12.1 Å². The quantitative estimate of drug-likeness (QED) is 0.851. The van der Waals surface area contributed by atoms with E-state index in [9.17, 15) is 9.59 Å². The maximum Gasteiger partial charge on any atom is 0.335 e. The molecular weight excluding hydrogens is 300 g/mol. The number of aromatic nitrogens is 1. The largest absolute Gasteiger partial charge is 0.478 e. The minimum atomic E-state index is -0.962. The topological polar surface area (TPSA) is 70.5 Å². The van der Waals surface area contributed by atoms with E-state index in [4.69, 9.17) is 5.11 Å². The predicted octanol–water partition coefficient (Wildman–Crippen LogP) is 2.48. The summed E-state index contributed by atoms with van der Waals surface area (Å²) in [7, 11) is 0. The summed E-state index contributed by atoms with van der Waals surface area (Å²) >= 11 is 1.59. The molecule has 0 bridgehead atoms. The van der Waals surface area contributed by atoms with Crippen LogP contribution in [-0.2, 0) is 17.6 Å². The zero-order valence-electron chi connectivity index (χ0n) is 12.4. The first kappa shape index (κ1) is 16.2. The number of hydrogen-bond donors (Lipinski definition) is 1. The molecule has 1 N–H and O–H groups in total. The van der Waals surface area contributed by atoms with Crippen molar-refractivity contribution in [3.8, 4) is 0 Å². The molecule has 0 aliphatic rings. The zero-order valence-corrected chi connectivity index (χ0v) is 13.2. The summed E-state index contributed by atoms with van der Waals surface area (Å²) in [6, 6.07) is 6.43. The molecule has 6 heteroatoms. The highest BCUT2D eigenvalue weighted by molar-refractivity contribution is 7.09. The van der Waals surface area contributed by atoms with E-state index in [0.717, 1.165) is 17.0 Å². The van der Waals surface area contributed by atoms with Crippen LogP contribution in [-0.4, -0.2) is 40.0 Å². The Hall–Kier alpha value is -2.21. The van der Waals surface area contributed by atoms with Crippen LogP contribution < -0.4 is 0 Å². The molecule has 0 aliphatic heterocycles. The molecule has 0 atom stereocenters. The van der Waals surface area contributed by atoms with Crippen molar-refractivity contribution in [2.75, 3.05) is 13.1 Å². The lowest BCUT2D eigenvalue weighted by atomic mass is 10.1. The fourth-order valence-electron chi connectivity index (χ4n) is 2.12. The summed E-state index contributed by atoms with van der Waals surface area (Å²) in [5.74, 6) is -0.918. The number of carboxylic acid groups (broad SMARTS) is 1. The second-order valence-corrected chi connectivity index (χ2v) is 5.81. The Morgan fingerprint density at radius 2 is 2.00 bits per heavy atom. The number of rotatable bonds is 7. The monoisotopic (exact) mass is 318 g/mol. The van der Waals surface area contributed by atoms with Gasteiger partial charge in [0.2, 0.25) is 5.91 Å². The standard InChI is InChI=1S/C16H18N2O3S/c1-2-18(9-7-14-17-8-10-22-14)15(19)11-12-3-5-13(6-4-12)16(20)21/h3-6,8,10H,2,7,9,11H2,1H3,(H,20,21). The van der Waals surface area contributed by atoms with Crippen molar-refractivity contribution in [1.29, 1.82) is 0 Å². The molecule has 0 spiro atoms. The number of hydrogen-bond acceptors (Lipinski definition) is 4. The SMILES string of the molecule is CCN(CCc1nccs1)C(=O)Cc1ccc(C(=O)O)cc1. The van der Waals surface area contributed by atoms with Gasteiger partial charge in [0.25, 0.3) is 0 Å². The summed E-state index contributed by atoms with van der Waals surface area (Å²) in [6.07, 6.45) is 2.81. The fraction of sp³-hybridized carbons (Fsp3) is 0.312. The van der Waals surface area contributed by atoms with Crippen LogP contribution in [0.25, 0.3) is 0 Å². The van der Waals surface area contributed by atoms with Crippen LogP contribution in [0.1, 0.15) is 27.9 Å². The van der Waals surface area contributed by atoms with Gasteiger partial charge in [0.1, 0.15) is 0 Å². The van der Waals surface area contributed by atoms with E-state index in [1.807, 2.05) is 12.3 Å². The van der Waals surface area contributed by atoms with Crippen molar-refractivity contribution >= 4 is 23.2 Å². The van der Waals surface area contributed by atoms with E-state index in [0.29, 0.717) is 13.1 Å². The van der Waals surface area contributed by atoms with Gasteiger partial charge in [0, 0.05) is 31.1 Å². The normalized spacial score (nSPS) is 10.4. The number of amides is 1. The first-order chi connectivity index (χ1) is 10.6. The lowest BCUT2D eigenvalue weighted by molar-refractivity contribution is -0.130. The summed E-state index contributed by atoms with van der Waals surface area (Å²) < 4.78 is 0. The van der Waals surface area contributed by atoms with Gasteiger partial charge < -0.3 is 10.0 Å². The maximum atomic E-state index is 12.3. The molecule has 2 aromatic rings. The van der Waals surface area contributed by atoms with E-state index in [1.54, 1.807) is 34.6 Å². The summed E-state index contributed by atoms with van der Waals surface area (Å²) in [4.78, 5) is 29.1. The van der Waals surface area contributed by atoms with Gasteiger partial charge in [0.15, 0.2) is 0 Å². The number of likely N-dealkylation sites (N-methyl/N-ethyl adjacent to an activating group) is 1. The Kier molecular flexibility index (Phi) is 5.66.